The van der Waals surface area contributed by atoms with E-state index in [0.29, 0.717) is 13.1 Å². The number of β-amino-alcohol motifs (C(OH)–C–C–N with tert-alkyl or cyclic N) is 1. The highest BCUT2D eigenvalue weighted by Crippen LogP contribution is 2.53. The van der Waals surface area contributed by atoms with Crippen LogP contribution in [0.15, 0.2) is 18.3 Å². The third-order valence-corrected chi connectivity index (χ3v) is 7.44. The van der Waals surface area contributed by atoms with E-state index < -0.39 is 23.8 Å². The van der Waals surface area contributed by atoms with Gasteiger partial charge in [-0.3, -0.25) is 10.1 Å². The van der Waals surface area contributed by atoms with Crippen LogP contribution < -0.4 is 5.32 Å². The molecule has 8 nitrogen and oxygen atoms in total. The van der Waals surface area contributed by atoms with Gasteiger partial charge in [-0.15, -0.1) is 0 Å². The lowest BCUT2D eigenvalue weighted by molar-refractivity contribution is -0.139. The van der Waals surface area contributed by atoms with E-state index in [4.69, 9.17) is 0 Å². The Hall–Kier alpha value is -2.40. The van der Waals surface area contributed by atoms with Crippen molar-refractivity contribution in [2.45, 2.75) is 57.3 Å². The number of aromatic nitrogens is 1. The molecule has 0 radical (unpaired) electrons. The number of alkyl halides is 3. The molecule has 4 rings (SSSR count). The van der Waals surface area contributed by atoms with Gasteiger partial charge in [0.25, 0.3) is 0 Å². The van der Waals surface area contributed by atoms with Crippen molar-refractivity contribution in [1.82, 2.24) is 19.7 Å². The van der Waals surface area contributed by atoms with Crippen LogP contribution in [-0.2, 0) is 11.0 Å². The first-order chi connectivity index (χ1) is 16.1. The zero-order valence-corrected chi connectivity index (χ0v) is 19.4. The fourth-order valence-corrected chi connectivity index (χ4v) is 4.95. The predicted molar refractivity (Wildman–Crippen MR) is 119 cm³/mol. The topological polar surface area (TPSA) is 89.0 Å². The van der Waals surface area contributed by atoms with Gasteiger partial charge in [-0.1, -0.05) is 0 Å². The second kappa shape index (κ2) is 9.69. The number of urea groups is 1. The van der Waals surface area contributed by atoms with E-state index in [1.807, 2.05) is 0 Å². The maximum atomic E-state index is 12.9. The number of piperidine rings is 1. The fourth-order valence-electron chi connectivity index (χ4n) is 4.95. The number of unbranched alkanes of at least 4 members (excludes halogenated alkanes) is 1. The molecule has 2 atom stereocenters. The Morgan fingerprint density at radius 1 is 1.21 bits per heavy atom. The van der Waals surface area contributed by atoms with Crippen molar-refractivity contribution in [3.8, 4) is 0 Å². The Balaban J connectivity index is 1.21. The molecule has 2 aliphatic heterocycles. The molecule has 3 aliphatic rings. The molecular formula is C23H32F3N5O3. The summed E-state index contributed by atoms with van der Waals surface area (Å²) >= 11 is 0. The molecule has 1 aromatic heterocycles. The number of hydrogen-bond donors (Lipinski definition) is 2. The molecule has 1 aliphatic carbocycles. The second-order valence-corrected chi connectivity index (χ2v) is 9.69. The van der Waals surface area contributed by atoms with Crippen LogP contribution in [-0.4, -0.2) is 88.1 Å². The van der Waals surface area contributed by atoms with Gasteiger partial charge >= 0.3 is 12.2 Å². The first kappa shape index (κ1) is 24.7. The third-order valence-electron chi connectivity index (χ3n) is 7.44. The van der Waals surface area contributed by atoms with Crippen LogP contribution in [0.4, 0.5) is 23.8 Å². The van der Waals surface area contributed by atoms with Crippen molar-refractivity contribution in [2.75, 3.05) is 44.6 Å². The van der Waals surface area contributed by atoms with Gasteiger partial charge in [0, 0.05) is 32.4 Å². The molecular weight excluding hydrogens is 451 g/mol. The van der Waals surface area contributed by atoms with E-state index in [1.165, 1.54) is 4.90 Å². The maximum Gasteiger partial charge on any atom is 0.416 e. The number of aliphatic hydroxyl groups excluding tert-OH is 1. The predicted octanol–water partition coefficient (Wildman–Crippen LogP) is 2.79. The number of hydrogen-bond acceptors (Lipinski definition) is 5. The lowest BCUT2D eigenvalue weighted by Gasteiger charge is -2.39. The summed E-state index contributed by atoms with van der Waals surface area (Å²) < 4.78 is 38.7. The van der Waals surface area contributed by atoms with E-state index in [0.717, 1.165) is 70.1 Å². The smallest absolute Gasteiger partial charge is 0.391 e. The summed E-state index contributed by atoms with van der Waals surface area (Å²) in [5.74, 6) is -0.389. The monoisotopic (exact) mass is 483 g/mol. The van der Waals surface area contributed by atoms with Gasteiger partial charge in [0.15, 0.2) is 0 Å². The minimum atomic E-state index is -4.54. The number of carbonyl (C=O) groups excluding carboxylic acids is 2. The Morgan fingerprint density at radius 3 is 2.62 bits per heavy atom. The van der Waals surface area contributed by atoms with Crippen LogP contribution in [0.2, 0.25) is 0 Å². The molecule has 188 valence electrons. The number of pyridine rings is 1. The number of piperazine rings is 1. The van der Waals surface area contributed by atoms with Gasteiger partial charge < -0.3 is 19.8 Å². The number of nitrogens with zero attached hydrogens (tertiary/aromatic N) is 4. The number of aliphatic hydroxyl groups is 1. The quantitative estimate of drug-likeness (QED) is 0.608. The lowest BCUT2D eigenvalue weighted by Crippen LogP contribution is -2.58. The zero-order valence-electron chi connectivity index (χ0n) is 19.4. The molecule has 0 aromatic carbocycles. The van der Waals surface area contributed by atoms with Crippen molar-refractivity contribution >= 4 is 17.8 Å². The Morgan fingerprint density at radius 2 is 1.94 bits per heavy atom. The summed E-state index contributed by atoms with van der Waals surface area (Å²) in [6.45, 7) is 5.51. The molecule has 1 aromatic rings. The van der Waals surface area contributed by atoms with Crippen molar-refractivity contribution in [3.05, 3.63) is 23.9 Å². The van der Waals surface area contributed by atoms with Gasteiger partial charge in [-0.2, -0.15) is 13.2 Å². The molecule has 3 amide bonds. The largest absolute Gasteiger partial charge is 0.416 e. The summed E-state index contributed by atoms with van der Waals surface area (Å²) in [7, 11) is 0. The lowest BCUT2D eigenvalue weighted by atomic mass is 9.90. The number of likely N-dealkylation sites (tertiary alicyclic amines) is 1. The van der Waals surface area contributed by atoms with E-state index in [2.05, 4.69) is 15.2 Å². The summed E-state index contributed by atoms with van der Waals surface area (Å²) in [6.07, 6.45) is 1.31. The highest BCUT2D eigenvalue weighted by Gasteiger charge is 2.51. The molecule has 11 heteroatoms. The number of amides is 3. The van der Waals surface area contributed by atoms with Crippen molar-refractivity contribution in [2.24, 2.45) is 5.41 Å². The summed E-state index contributed by atoms with van der Waals surface area (Å²) in [4.78, 5) is 34.5. The summed E-state index contributed by atoms with van der Waals surface area (Å²) in [5.41, 5.74) is -0.708. The highest BCUT2D eigenvalue weighted by molar-refractivity contribution is 5.93. The summed E-state index contributed by atoms with van der Waals surface area (Å²) in [6, 6.07) is 0.236. The molecule has 1 spiro atoms. The van der Waals surface area contributed by atoms with Crippen molar-refractivity contribution < 1.29 is 27.9 Å². The van der Waals surface area contributed by atoms with Crippen LogP contribution in [0.1, 0.15) is 44.6 Å². The van der Waals surface area contributed by atoms with Gasteiger partial charge in [-0.25, -0.2) is 9.78 Å². The van der Waals surface area contributed by atoms with Gasteiger partial charge in [-0.05, 0) is 69.7 Å². The second-order valence-electron chi connectivity index (χ2n) is 9.69. The number of halogens is 3. The number of carbonyl (C=O) groups is 2. The standard InChI is InChI=1S/C23H32F3N5O3/c1-16-20(33)30(10-3-2-9-29-11-7-22(5-6-22)18(32)15-29)12-13-31(16)21(34)28-19-14-17(4-8-27-19)23(24,25)26/h4,8,14,16,18,32H,2-3,5-7,9-13,15H2,1H3,(H,27,28,34). The van der Waals surface area contributed by atoms with E-state index >= 15 is 0 Å². The molecule has 3 heterocycles. The Labute approximate surface area is 197 Å². The van der Waals surface area contributed by atoms with Crippen molar-refractivity contribution in [1.29, 1.82) is 0 Å². The zero-order chi connectivity index (χ0) is 24.5. The Bertz CT molecular complexity index is 908. The SMILES string of the molecule is CC1C(=O)N(CCCCN2CCC3(CC3)C(O)C2)CCN1C(=O)Nc1cc(C(F)(F)F)ccn1. The number of rotatable bonds is 6. The Kier molecular flexibility index (Phi) is 7.04. The van der Waals surface area contributed by atoms with Gasteiger partial charge in [0.2, 0.25) is 5.91 Å². The van der Waals surface area contributed by atoms with E-state index in [9.17, 15) is 27.9 Å². The minimum absolute atomic E-state index is 0.178. The van der Waals surface area contributed by atoms with Crippen LogP contribution in [0.3, 0.4) is 0 Å². The normalized spacial score (nSPS) is 25.0. The molecule has 2 saturated heterocycles. The van der Waals surface area contributed by atoms with E-state index in [-0.39, 0.29) is 29.8 Å². The van der Waals surface area contributed by atoms with Gasteiger partial charge in [0.05, 0.1) is 11.7 Å². The first-order valence-electron chi connectivity index (χ1n) is 11.9. The molecule has 34 heavy (non-hydrogen) atoms. The number of nitrogens with one attached hydrogen (secondary N) is 1. The number of anilines is 1. The van der Waals surface area contributed by atoms with Crippen LogP contribution in [0.25, 0.3) is 0 Å². The third kappa shape index (κ3) is 5.46. The van der Waals surface area contributed by atoms with Crippen LogP contribution >= 0.6 is 0 Å². The summed E-state index contributed by atoms with van der Waals surface area (Å²) in [5, 5.41) is 12.7. The molecule has 0 bridgehead atoms. The van der Waals surface area contributed by atoms with Crippen LogP contribution in [0.5, 0.6) is 0 Å². The van der Waals surface area contributed by atoms with Crippen molar-refractivity contribution in [3.63, 3.8) is 0 Å². The van der Waals surface area contributed by atoms with Gasteiger partial charge in [0.1, 0.15) is 11.9 Å². The first-order valence-corrected chi connectivity index (χ1v) is 11.9. The molecule has 1 saturated carbocycles. The minimum Gasteiger partial charge on any atom is -0.391 e. The molecule has 2 unspecified atom stereocenters. The molecule has 2 N–H and O–H groups in total. The average molecular weight is 484 g/mol. The molecule has 3 fully saturated rings. The van der Waals surface area contributed by atoms with E-state index in [1.54, 1.807) is 11.8 Å². The maximum absolute atomic E-state index is 12.9. The highest BCUT2D eigenvalue weighted by atomic mass is 19.4. The van der Waals surface area contributed by atoms with Crippen LogP contribution in [0, 0.1) is 5.41 Å². The fraction of sp³-hybridized carbons (Fsp3) is 0.696. The average Bonchev–Trinajstić information content (AvgIpc) is 3.57.